The van der Waals surface area contributed by atoms with Crippen LogP contribution in [0.3, 0.4) is 0 Å². The standard InChI is InChI=1S/C17H16N4O6S/c1-8-13(16(23)24)28-7-21(8)19-15(22)11-4-10(14-18-9(2)27-20-14)5-12(6-11)17(25)26-3/h4-6H,7H2,1-3H3,(H,19,22)(H,23,24). The van der Waals surface area contributed by atoms with Crippen LogP contribution >= 0.6 is 11.8 Å². The fraction of sp³-hybridized carbons (Fsp3) is 0.235. The van der Waals surface area contributed by atoms with Crippen molar-refractivity contribution >= 4 is 29.6 Å². The first-order valence-electron chi connectivity index (χ1n) is 7.99. The number of methoxy groups -OCH3 is 1. The van der Waals surface area contributed by atoms with Crippen LogP contribution in [-0.2, 0) is 9.53 Å². The molecule has 0 spiro atoms. The molecule has 0 unspecified atom stereocenters. The van der Waals surface area contributed by atoms with Crippen molar-refractivity contribution in [1.82, 2.24) is 20.6 Å². The van der Waals surface area contributed by atoms with Gasteiger partial charge in [-0.15, -0.1) is 0 Å². The van der Waals surface area contributed by atoms with Gasteiger partial charge in [-0.1, -0.05) is 16.9 Å². The number of hydrazine groups is 1. The van der Waals surface area contributed by atoms with Gasteiger partial charge in [0.15, 0.2) is 0 Å². The molecule has 11 heteroatoms. The lowest BCUT2D eigenvalue weighted by Gasteiger charge is -2.20. The summed E-state index contributed by atoms with van der Waals surface area (Å²) in [6.07, 6.45) is 0. The van der Waals surface area contributed by atoms with Crippen LogP contribution in [0.2, 0.25) is 0 Å². The zero-order chi connectivity index (χ0) is 20.4. The van der Waals surface area contributed by atoms with Crippen molar-refractivity contribution in [1.29, 1.82) is 0 Å². The Kier molecular flexibility index (Phi) is 5.36. The number of nitrogens with one attached hydrogen (secondary N) is 1. The molecule has 1 amide bonds. The number of carboxylic acid groups (broad SMARTS) is 1. The molecule has 0 atom stereocenters. The van der Waals surface area contributed by atoms with Crippen LogP contribution in [0.4, 0.5) is 0 Å². The van der Waals surface area contributed by atoms with E-state index in [1.165, 1.54) is 30.3 Å². The maximum atomic E-state index is 12.7. The van der Waals surface area contributed by atoms with Crippen molar-refractivity contribution in [3.63, 3.8) is 0 Å². The fourth-order valence-corrected chi connectivity index (χ4v) is 3.47. The third-order valence-electron chi connectivity index (χ3n) is 3.90. The highest BCUT2D eigenvalue weighted by Crippen LogP contribution is 2.30. The Morgan fingerprint density at radius 3 is 2.54 bits per heavy atom. The molecule has 146 valence electrons. The van der Waals surface area contributed by atoms with Gasteiger partial charge in [-0.2, -0.15) is 4.98 Å². The highest BCUT2D eigenvalue weighted by atomic mass is 32.2. The quantitative estimate of drug-likeness (QED) is 0.710. The van der Waals surface area contributed by atoms with Gasteiger partial charge in [-0.3, -0.25) is 15.2 Å². The molecular formula is C17H16N4O6S. The monoisotopic (exact) mass is 404 g/mol. The highest BCUT2D eigenvalue weighted by Gasteiger charge is 2.26. The van der Waals surface area contributed by atoms with Gasteiger partial charge in [0, 0.05) is 18.1 Å². The van der Waals surface area contributed by atoms with Crippen molar-refractivity contribution in [3.8, 4) is 11.4 Å². The van der Waals surface area contributed by atoms with E-state index in [9.17, 15) is 14.4 Å². The minimum Gasteiger partial charge on any atom is -0.477 e. The normalized spacial score (nSPS) is 13.6. The van der Waals surface area contributed by atoms with Crippen LogP contribution in [-0.4, -0.2) is 51.1 Å². The number of aryl methyl sites for hydroxylation is 1. The van der Waals surface area contributed by atoms with Crippen molar-refractivity contribution in [2.45, 2.75) is 13.8 Å². The first kappa shape index (κ1) is 19.4. The van der Waals surface area contributed by atoms with E-state index < -0.39 is 17.8 Å². The van der Waals surface area contributed by atoms with Crippen LogP contribution in [0.25, 0.3) is 11.4 Å². The molecule has 0 saturated heterocycles. The van der Waals surface area contributed by atoms with Crippen molar-refractivity contribution in [2.24, 2.45) is 0 Å². The lowest BCUT2D eigenvalue weighted by atomic mass is 10.0. The number of allylic oxidation sites excluding steroid dienone is 1. The molecule has 10 nitrogen and oxygen atoms in total. The number of carboxylic acids is 1. The zero-order valence-electron chi connectivity index (χ0n) is 15.2. The third kappa shape index (κ3) is 3.83. The number of benzene rings is 1. The van der Waals surface area contributed by atoms with Crippen molar-refractivity contribution < 1.29 is 28.8 Å². The first-order valence-corrected chi connectivity index (χ1v) is 8.98. The Hall–Kier alpha value is -3.34. The SMILES string of the molecule is COC(=O)c1cc(C(=O)NN2CSC(C(=O)O)=C2C)cc(-c2noc(C)n2)c1. The summed E-state index contributed by atoms with van der Waals surface area (Å²) in [5.41, 5.74) is 3.75. The van der Waals surface area contributed by atoms with E-state index in [2.05, 4.69) is 15.6 Å². The summed E-state index contributed by atoms with van der Waals surface area (Å²) < 4.78 is 9.69. The van der Waals surface area contributed by atoms with Crippen LogP contribution in [0.5, 0.6) is 0 Å². The molecule has 1 aromatic carbocycles. The van der Waals surface area contributed by atoms with Crippen LogP contribution in [0.15, 0.2) is 33.3 Å². The minimum atomic E-state index is -1.05. The van der Waals surface area contributed by atoms with E-state index >= 15 is 0 Å². The Balaban J connectivity index is 1.93. The Bertz CT molecular complexity index is 999. The zero-order valence-corrected chi connectivity index (χ0v) is 16.0. The summed E-state index contributed by atoms with van der Waals surface area (Å²) in [7, 11) is 1.23. The fourth-order valence-electron chi connectivity index (χ4n) is 2.51. The second-order valence-electron chi connectivity index (χ2n) is 5.79. The predicted octanol–water partition coefficient (Wildman–Crippen LogP) is 1.80. The molecule has 0 saturated carbocycles. The number of thioether (sulfide) groups is 1. The maximum Gasteiger partial charge on any atom is 0.344 e. The van der Waals surface area contributed by atoms with Crippen molar-refractivity contribution in [3.05, 3.63) is 45.8 Å². The molecule has 0 radical (unpaired) electrons. The average Bonchev–Trinajstić information content (AvgIpc) is 3.26. The van der Waals surface area contributed by atoms with E-state index in [4.69, 9.17) is 14.4 Å². The summed E-state index contributed by atoms with van der Waals surface area (Å²) in [6.45, 7) is 3.22. The molecule has 3 rings (SSSR count). The third-order valence-corrected chi connectivity index (χ3v) is 5.05. The molecule has 2 heterocycles. The number of ether oxygens (including phenoxy) is 1. The van der Waals surface area contributed by atoms with E-state index in [-0.39, 0.29) is 27.7 Å². The second kappa shape index (κ2) is 7.72. The number of hydrogen-bond acceptors (Lipinski definition) is 9. The summed E-state index contributed by atoms with van der Waals surface area (Å²) >= 11 is 1.10. The number of carbonyl (C=O) groups excluding carboxylic acids is 2. The summed E-state index contributed by atoms with van der Waals surface area (Å²) in [5.74, 6) is -1.40. The molecule has 0 aliphatic carbocycles. The summed E-state index contributed by atoms with van der Waals surface area (Å²) in [4.78, 5) is 40.2. The maximum absolute atomic E-state index is 12.7. The molecule has 1 aliphatic rings. The molecule has 2 N–H and O–H groups in total. The van der Waals surface area contributed by atoms with Gasteiger partial charge in [-0.25, -0.2) is 9.59 Å². The number of aliphatic carboxylic acids is 1. The Labute approximate surface area is 163 Å². The molecule has 2 aromatic rings. The topological polar surface area (TPSA) is 135 Å². The number of esters is 1. The average molecular weight is 404 g/mol. The highest BCUT2D eigenvalue weighted by molar-refractivity contribution is 8.04. The minimum absolute atomic E-state index is 0.141. The van der Waals surface area contributed by atoms with Gasteiger partial charge >= 0.3 is 11.9 Å². The van der Waals surface area contributed by atoms with Crippen molar-refractivity contribution in [2.75, 3.05) is 13.0 Å². The van der Waals surface area contributed by atoms with Gasteiger partial charge < -0.3 is 14.4 Å². The number of rotatable bonds is 5. The predicted molar refractivity (Wildman–Crippen MR) is 97.9 cm³/mol. The largest absolute Gasteiger partial charge is 0.477 e. The number of amides is 1. The smallest absolute Gasteiger partial charge is 0.344 e. The number of hydrogen-bond donors (Lipinski definition) is 2. The van der Waals surface area contributed by atoms with Gasteiger partial charge in [0.05, 0.1) is 24.2 Å². The van der Waals surface area contributed by atoms with Crippen LogP contribution < -0.4 is 5.43 Å². The molecule has 1 aromatic heterocycles. The van der Waals surface area contributed by atoms with Gasteiger partial charge in [0.25, 0.3) is 5.91 Å². The summed E-state index contributed by atoms with van der Waals surface area (Å²) in [5, 5.41) is 14.4. The van der Waals surface area contributed by atoms with Crippen LogP contribution in [0, 0.1) is 6.92 Å². The molecule has 0 fully saturated rings. The van der Waals surface area contributed by atoms with Gasteiger partial charge in [0.2, 0.25) is 11.7 Å². The molecule has 0 bridgehead atoms. The summed E-state index contributed by atoms with van der Waals surface area (Å²) in [6, 6.07) is 4.37. The van der Waals surface area contributed by atoms with E-state index in [1.54, 1.807) is 13.8 Å². The lowest BCUT2D eigenvalue weighted by Crippen LogP contribution is -2.39. The second-order valence-corrected chi connectivity index (χ2v) is 6.74. The molecule has 1 aliphatic heterocycles. The van der Waals surface area contributed by atoms with E-state index in [0.717, 1.165) is 11.8 Å². The van der Waals surface area contributed by atoms with E-state index in [1.807, 2.05) is 0 Å². The van der Waals surface area contributed by atoms with Crippen LogP contribution in [0.1, 0.15) is 33.5 Å². The molecular weight excluding hydrogens is 388 g/mol. The lowest BCUT2D eigenvalue weighted by molar-refractivity contribution is -0.131. The Morgan fingerprint density at radius 1 is 1.25 bits per heavy atom. The number of nitrogens with zero attached hydrogens (tertiary/aromatic N) is 3. The Morgan fingerprint density at radius 2 is 1.96 bits per heavy atom. The van der Waals surface area contributed by atoms with Gasteiger partial charge in [-0.05, 0) is 25.1 Å². The number of carbonyl (C=O) groups is 3. The van der Waals surface area contributed by atoms with Gasteiger partial charge in [0.1, 0.15) is 4.91 Å². The molecule has 28 heavy (non-hydrogen) atoms. The number of aromatic nitrogens is 2. The first-order chi connectivity index (χ1) is 13.3. The van der Waals surface area contributed by atoms with E-state index in [0.29, 0.717) is 17.2 Å².